The number of benzene rings is 2. The van der Waals surface area contributed by atoms with Crippen LogP contribution in [0.3, 0.4) is 0 Å². The Hall–Kier alpha value is -2.36. The van der Waals surface area contributed by atoms with Gasteiger partial charge in [-0.15, -0.1) is 0 Å². The third-order valence-corrected chi connectivity index (χ3v) is 8.47. The highest BCUT2D eigenvalue weighted by Gasteiger charge is 2.51. The maximum absolute atomic E-state index is 7.04. The lowest BCUT2D eigenvalue weighted by molar-refractivity contribution is -0.0540. The molecule has 2 aliphatic heterocycles. The highest BCUT2D eigenvalue weighted by Crippen LogP contribution is 2.57. The highest BCUT2D eigenvalue weighted by atomic mass is 16.7. The zero-order chi connectivity index (χ0) is 25.5. The van der Waals surface area contributed by atoms with Gasteiger partial charge >= 0.3 is 0 Å². The fourth-order valence-electron chi connectivity index (χ4n) is 6.46. The van der Waals surface area contributed by atoms with E-state index in [0.717, 1.165) is 36.6 Å². The molecule has 4 nitrogen and oxygen atoms in total. The largest absolute Gasteiger partial charge is 0.487 e. The molecule has 1 aliphatic carbocycles. The first-order valence-electron chi connectivity index (χ1n) is 14.6. The number of nitrogens with zero attached hydrogens (tertiary/aromatic N) is 1. The van der Waals surface area contributed by atoms with E-state index >= 15 is 0 Å². The molecule has 2 aromatic carbocycles. The van der Waals surface area contributed by atoms with E-state index in [1.165, 1.54) is 68.2 Å². The summed E-state index contributed by atoms with van der Waals surface area (Å²) in [5, 5.41) is 0. The Morgan fingerprint density at radius 3 is 2.33 bits per heavy atom. The van der Waals surface area contributed by atoms with Crippen molar-refractivity contribution in [3.05, 3.63) is 47.5 Å². The van der Waals surface area contributed by atoms with Crippen LogP contribution >= 0.6 is 0 Å². The molecule has 0 N–H and O–H groups in total. The predicted molar refractivity (Wildman–Crippen MR) is 150 cm³/mol. The summed E-state index contributed by atoms with van der Waals surface area (Å²) >= 11 is 0. The molecule has 0 amide bonds. The lowest BCUT2D eigenvalue weighted by Crippen LogP contribution is -2.51. The normalized spacial score (nSPS) is 23.6. The quantitative estimate of drug-likeness (QED) is 0.327. The van der Waals surface area contributed by atoms with Gasteiger partial charge in [0, 0.05) is 42.7 Å². The van der Waals surface area contributed by atoms with E-state index in [2.05, 4.69) is 62.2 Å². The molecule has 0 saturated heterocycles. The van der Waals surface area contributed by atoms with E-state index in [4.69, 9.17) is 14.2 Å². The Balaban J connectivity index is 0.00000148. The van der Waals surface area contributed by atoms with Crippen molar-refractivity contribution in [2.45, 2.75) is 103 Å². The average molecular weight is 494 g/mol. The molecule has 4 heteroatoms. The summed E-state index contributed by atoms with van der Waals surface area (Å²) in [7, 11) is 2.16. The summed E-state index contributed by atoms with van der Waals surface area (Å²) in [4.78, 5) is 2.29. The van der Waals surface area contributed by atoms with Crippen LogP contribution in [0.4, 0.5) is 5.69 Å². The van der Waals surface area contributed by atoms with Crippen molar-refractivity contribution in [1.82, 2.24) is 0 Å². The number of unbranched alkanes of at least 4 members (excludes halogenated alkanes) is 4. The lowest BCUT2D eigenvalue weighted by Gasteiger charge is -2.52. The average Bonchev–Trinajstić information content (AvgIpc) is 3.38. The Bertz CT molecular complexity index is 972. The van der Waals surface area contributed by atoms with Gasteiger partial charge in [-0.1, -0.05) is 65.0 Å². The summed E-state index contributed by atoms with van der Waals surface area (Å²) < 4.78 is 18.6. The third-order valence-electron chi connectivity index (χ3n) is 8.47. The summed E-state index contributed by atoms with van der Waals surface area (Å²) in [6, 6.07) is 13.6. The first-order valence-corrected chi connectivity index (χ1v) is 14.6. The molecule has 3 unspecified atom stereocenters. The molecule has 0 bridgehead atoms. The van der Waals surface area contributed by atoms with Crippen LogP contribution in [0.1, 0.15) is 109 Å². The van der Waals surface area contributed by atoms with Gasteiger partial charge in [-0.3, -0.25) is 0 Å². The Kier molecular flexibility index (Phi) is 9.09. The molecular formula is C32H47NO3. The van der Waals surface area contributed by atoms with Gasteiger partial charge in [-0.05, 0) is 62.8 Å². The van der Waals surface area contributed by atoms with Crippen LogP contribution in [0.2, 0.25) is 0 Å². The Labute approximate surface area is 219 Å². The lowest BCUT2D eigenvalue weighted by atomic mass is 9.62. The molecule has 0 radical (unpaired) electrons. The molecule has 2 aromatic rings. The van der Waals surface area contributed by atoms with E-state index in [1.54, 1.807) is 0 Å². The fourth-order valence-corrected chi connectivity index (χ4v) is 6.46. The monoisotopic (exact) mass is 493 g/mol. The van der Waals surface area contributed by atoms with E-state index in [-0.39, 0.29) is 5.60 Å². The number of fused-ring (bicyclic) bond motifs is 3. The topological polar surface area (TPSA) is 30.9 Å². The van der Waals surface area contributed by atoms with Gasteiger partial charge in [0.25, 0.3) is 0 Å². The Morgan fingerprint density at radius 2 is 1.61 bits per heavy atom. The van der Waals surface area contributed by atoms with Crippen LogP contribution < -0.4 is 19.1 Å². The second-order valence-corrected chi connectivity index (χ2v) is 10.5. The molecular weight excluding hydrogens is 446 g/mol. The molecule has 5 rings (SSSR count). The molecule has 2 heterocycles. The zero-order valence-corrected chi connectivity index (χ0v) is 23.3. The number of hydrogen-bond acceptors (Lipinski definition) is 4. The van der Waals surface area contributed by atoms with Crippen molar-refractivity contribution in [2.75, 3.05) is 25.3 Å². The SMILES string of the molecule is CC.CCCCCCCC12CCCCC1C(c1ccc(N(C)CC)cc1)c1cc3c(cc1O2)OCO3. The van der Waals surface area contributed by atoms with Crippen LogP contribution in [0.5, 0.6) is 17.2 Å². The van der Waals surface area contributed by atoms with Crippen molar-refractivity contribution in [3.63, 3.8) is 0 Å². The van der Waals surface area contributed by atoms with Crippen molar-refractivity contribution in [1.29, 1.82) is 0 Å². The molecule has 0 spiro atoms. The smallest absolute Gasteiger partial charge is 0.231 e. The van der Waals surface area contributed by atoms with Gasteiger partial charge in [0.15, 0.2) is 11.5 Å². The second-order valence-electron chi connectivity index (χ2n) is 10.5. The minimum Gasteiger partial charge on any atom is -0.487 e. The highest BCUT2D eigenvalue weighted by molar-refractivity contribution is 5.58. The summed E-state index contributed by atoms with van der Waals surface area (Å²) in [5.74, 6) is 3.52. The summed E-state index contributed by atoms with van der Waals surface area (Å²) in [6.07, 6.45) is 12.6. The molecule has 1 fully saturated rings. The van der Waals surface area contributed by atoms with Gasteiger partial charge in [-0.25, -0.2) is 0 Å². The van der Waals surface area contributed by atoms with Crippen molar-refractivity contribution >= 4 is 5.69 Å². The van der Waals surface area contributed by atoms with E-state index < -0.39 is 0 Å². The molecule has 1 saturated carbocycles. The minimum absolute atomic E-state index is 0.0747. The molecule has 36 heavy (non-hydrogen) atoms. The minimum atomic E-state index is -0.0747. The predicted octanol–water partition coefficient (Wildman–Crippen LogP) is 8.71. The molecule has 0 aromatic heterocycles. The fraction of sp³-hybridized carbons (Fsp3) is 0.625. The van der Waals surface area contributed by atoms with Crippen LogP contribution in [-0.2, 0) is 0 Å². The maximum atomic E-state index is 7.04. The zero-order valence-electron chi connectivity index (χ0n) is 23.3. The number of anilines is 1. The van der Waals surface area contributed by atoms with Crippen LogP contribution in [-0.4, -0.2) is 26.0 Å². The third kappa shape index (κ3) is 5.33. The first kappa shape index (κ1) is 26.7. The van der Waals surface area contributed by atoms with E-state index in [1.807, 2.05) is 13.8 Å². The molecule has 198 valence electrons. The maximum Gasteiger partial charge on any atom is 0.231 e. The van der Waals surface area contributed by atoms with Gasteiger partial charge in [-0.2, -0.15) is 0 Å². The number of hydrogen-bond donors (Lipinski definition) is 0. The summed E-state index contributed by atoms with van der Waals surface area (Å²) in [5.41, 5.74) is 3.87. The van der Waals surface area contributed by atoms with Crippen molar-refractivity contribution in [2.24, 2.45) is 5.92 Å². The first-order chi connectivity index (χ1) is 17.6. The number of rotatable bonds is 9. The Morgan fingerprint density at radius 1 is 0.889 bits per heavy atom. The standard InChI is InChI=1S/C30H41NO3.C2H6/c1-4-6-7-8-10-17-30-18-11-9-12-25(30)29(22-13-15-23(16-14-22)31(3)5-2)24-19-27-28(33-21-32-27)20-26(24)34-30;1-2/h13-16,19-20,25,29H,4-12,17-18,21H2,1-3H3;1-2H3. The van der Waals surface area contributed by atoms with Crippen LogP contribution in [0.15, 0.2) is 36.4 Å². The van der Waals surface area contributed by atoms with Crippen LogP contribution in [0, 0.1) is 5.92 Å². The molecule has 3 aliphatic rings. The van der Waals surface area contributed by atoms with Gasteiger partial charge in [0.1, 0.15) is 11.4 Å². The summed E-state index contributed by atoms with van der Waals surface area (Å²) in [6.45, 7) is 9.79. The van der Waals surface area contributed by atoms with Gasteiger partial charge in [0.05, 0.1) is 0 Å². The van der Waals surface area contributed by atoms with E-state index in [9.17, 15) is 0 Å². The van der Waals surface area contributed by atoms with Crippen LogP contribution in [0.25, 0.3) is 0 Å². The van der Waals surface area contributed by atoms with E-state index in [0.29, 0.717) is 18.6 Å². The van der Waals surface area contributed by atoms with Crippen molar-refractivity contribution < 1.29 is 14.2 Å². The van der Waals surface area contributed by atoms with Gasteiger partial charge in [0.2, 0.25) is 6.79 Å². The second kappa shape index (κ2) is 12.3. The van der Waals surface area contributed by atoms with Crippen molar-refractivity contribution in [3.8, 4) is 17.2 Å². The van der Waals surface area contributed by atoms with Gasteiger partial charge < -0.3 is 19.1 Å². The number of ether oxygens (including phenoxy) is 3. The molecule has 3 atom stereocenters.